The van der Waals surface area contributed by atoms with Gasteiger partial charge in [0.05, 0.1) is 5.71 Å². The van der Waals surface area contributed by atoms with Gasteiger partial charge in [-0.25, -0.2) is 4.99 Å². The zero-order chi connectivity index (χ0) is 11.0. The quantitative estimate of drug-likeness (QED) is 0.691. The van der Waals surface area contributed by atoms with Gasteiger partial charge < -0.3 is 0 Å². The molecule has 15 heavy (non-hydrogen) atoms. The molecule has 1 aliphatic carbocycles. The summed E-state index contributed by atoms with van der Waals surface area (Å²) in [6, 6.07) is 0. The Balaban J connectivity index is 2.43. The van der Waals surface area contributed by atoms with Crippen LogP contribution in [0.5, 0.6) is 0 Å². The molecule has 1 aliphatic heterocycles. The standard InChI is InChI=1S/C10H9BrN2OS/c1-2-13-9(14)7-5-6(11)3-4-8(7)12-10(13)15/h3-5,7H,2H2,1H3. The first-order chi connectivity index (χ1) is 7.13. The minimum atomic E-state index is -0.281. The Bertz CT molecular complexity index is 425. The van der Waals surface area contributed by atoms with Crippen molar-refractivity contribution >= 4 is 44.9 Å². The number of hydrogen-bond acceptors (Lipinski definition) is 2. The lowest BCUT2D eigenvalue weighted by Gasteiger charge is -2.29. The van der Waals surface area contributed by atoms with Gasteiger partial charge in [0.1, 0.15) is 5.92 Å². The van der Waals surface area contributed by atoms with Crippen molar-refractivity contribution in [2.45, 2.75) is 6.92 Å². The number of carbonyl (C=O) groups is 1. The Kier molecular flexibility index (Phi) is 2.84. The van der Waals surface area contributed by atoms with Crippen LogP contribution in [0.2, 0.25) is 0 Å². The molecule has 78 valence electrons. The zero-order valence-corrected chi connectivity index (χ0v) is 10.5. The van der Waals surface area contributed by atoms with E-state index >= 15 is 0 Å². The molecule has 0 spiro atoms. The van der Waals surface area contributed by atoms with E-state index in [1.807, 2.05) is 25.2 Å². The van der Waals surface area contributed by atoms with Crippen molar-refractivity contribution in [3.05, 3.63) is 22.7 Å². The first-order valence-corrected chi connectivity index (χ1v) is 5.83. The molecule has 1 atom stereocenters. The maximum Gasteiger partial charge on any atom is 0.241 e. The largest absolute Gasteiger partial charge is 0.287 e. The van der Waals surface area contributed by atoms with Crippen LogP contribution in [0.3, 0.4) is 0 Å². The maximum atomic E-state index is 12.0. The second-order valence-electron chi connectivity index (χ2n) is 3.26. The highest BCUT2D eigenvalue weighted by molar-refractivity contribution is 9.11. The lowest BCUT2D eigenvalue weighted by Crippen LogP contribution is -2.45. The number of rotatable bonds is 1. The summed E-state index contributed by atoms with van der Waals surface area (Å²) in [6.45, 7) is 2.46. The highest BCUT2D eigenvalue weighted by Crippen LogP contribution is 2.24. The van der Waals surface area contributed by atoms with Crippen LogP contribution in [0.1, 0.15) is 6.92 Å². The van der Waals surface area contributed by atoms with Gasteiger partial charge in [0.2, 0.25) is 11.0 Å². The molecule has 2 rings (SSSR count). The second kappa shape index (κ2) is 3.98. The third kappa shape index (κ3) is 1.81. The van der Waals surface area contributed by atoms with Gasteiger partial charge in [-0.05, 0) is 31.3 Å². The van der Waals surface area contributed by atoms with Crippen LogP contribution in [0.4, 0.5) is 0 Å². The molecule has 0 saturated heterocycles. The van der Waals surface area contributed by atoms with Gasteiger partial charge in [-0.2, -0.15) is 0 Å². The molecule has 5 heteroatoms. The molecule has 0 fully saturated rings. The zero-order valence-electron chi connectivity index (χ0n) is 8.11. The SMILES string of the molecule is CCN1C(=O)C2C=C(Br)C=CC2=NC1=S. The smallest absolute Gasteiger partial charge is 0.241 e. The molecule has 2 aliphatic rings. The normalized spacial score (nSPS) is 24.9. The molecule has 0 aromatic carbocycles. The minimum Gasteiger partial charge on any atom is -0.287 e. The predicted molar refractivity (Wildman–Crippen MR) is 67.1 cm³/mol. The molecular weight excluding hydrogens is 276 g/mol. The Morgan fingerprint density at radius 1 is 1.60 bits per heavy atom. The lowest BCUT2D eigenvalue weighted by atomic mass is 9.95. The van der Waals surface area contributed by atoms with Crippen LogP contribution >= 0.6 is 28.1 Å². The third-order valence-corrected chi connectivity index (χ3v) is 3.20. The van der Waals surface area contributed by atoms with E-state index in [4.69, 9.17) is 12.2 Å². The molecule has 1 amide bonds. The third-order valence-electron chi connectivity index (χ3n) is 2.36. The van der Waals surface area contributed by atoms with Gasteiger partial charge >= 0.3 is 0 Å². The van der Waals surface area contributed by atoms with E-state index in [1.54, 1.807) is 0 Å². The fraction of sp³-hybridized carbons (Fsp3) is 0.300. The second-order valence-corrected chi connectivity index (χ2v) is 4.55. The van der Waals surface area contributed by atoms with Crippen molar-refractivity contribution in [3.63, 3.8) is 0 Å². The number of nitrogens with zero attached hydrogens (tertiary/aromatic N) is 2. The number of halogens is 1. The Morgan fingerprint density at radius 2 is 2.33 bits per heavy atom. The highest BCUT2D eigenvalue weighted by atomic mass is 79.9. The number of amides is 1. The fourth-order valence-electron chi connectivity index (χ4n) is 1.60. The van der Waals surface area contributed by atoms with Crippen LogP contribution in [-0.2, 0) is 4.79 Å². The van der Waals surface area contributed by atoms with Gasteiger partial charge in [0.15, 0.2) is 0 Å². The molecule has 0 radical (unpaired) electrons. The summed E-state index contributed by atoms with van der Waals surface area (Å²) in [6.07, 6.45) is 5.55. The average molecular weight is 285 g/mol. The first-order valence-electron chi connectivity index (χ1n) is 4.63. The molecule has 0 N–H and O–H groups in total. The number of carbonyl (C=O) groups excluding carboxylic acids is 1. The first kappa shape index (κ1) is 10.7. The molecule has 1 unspecified atom stereocenters. The monoisotopic (exact) mass is 284 g/mol. The summed E-state index contributed by atoms with van der Waals surface area (Å²) in [5, 5.41) is 0.366. The maximum absolute atomic E-state index is 12.0. The fourth-order valence-corrected chi connectivity index (χ4v) is 2.32. The van der Waals surface area contributed by atoms with Crippen molar-refractivity contribution in [3.8, 4) is 0 Å². The number of hydrogen-bond donors (Lipinski definition) is 0. The summed E-state index contributed by atoms with van der Waals surface area (Å²) in [7, 11) is 0. The molecule has 0 aromatic rings. The molecule has 3 nitrogen and oxygen atoms in total. The van der Waals surface area contributed by atoms with Crippen LogP contribution < -0.4 is 0 Å². The molecular formula is C10H9BrN2OS. The molecule has 1 heterocycles. The summed E-state index contributed by atoms with van der Waals surface area (Å²) in [5.41, 5.74) is 0.734. The summed E-state index contributed by atoms with van der Waals surface area (Å²) in [5.74, 6) is -0.273. The Morgan fingerprint density at radius 3 is 3.00 bits per heavy atom. The van der Waals surface area contributed by atoms with Gasteiger partial charge in [0.25, 0.3) is 0 Å². The van der Waals surface area contributed by atoms with E-state index in [0.29, 0.717) is 11.7 Å². The van der Waals surface area contributed by atoms with Crippen molar-refractivity contribution < 1.29 is 4.79 Å². The minimum absolute atomic E-state index is 0.00815. The number of allylic oxidation sites excluding steroid dienone is 3. The summed E-state index contributed by atoms with van der Waals surface area (Å²) in [4.78, 5) is 17.8. The van der Waals surface area contributed by atoms with Gasteiger partial charge in [0, 0.05) is 11.0 Å². The predicted octanol–water partition coefficient (Wildman–Crippen LogP) is 2.04. The Labute approximate surface area is 102 Å². The number of fused-ring (bicyclic) bond motifs is 1. The van der Waals surface area contributed by atoms with Crippen molar-refractivity contribution in [1.29, 1.82) is 0 Å². The van der Waals surface area contributed by atoms with E-state index in [0.717, 1.165) is 10.2 Å². The van der Waals surface area contributed by atoms with Crippen molar-refractivity contribution in [1.82, 2.24) is 4.90 Å². The Hall–Kier alpha value is -0.810. The summed E-state index contributed by atoms with van der Waals surface area (Å²) < 4.78 is 0.906. The number of aliphatic imine (C=N–C) groups is 1. The van der Waals surface area contributed by atoms with E-state index in [1.165, 1.54) is 4.90 Å². The van der Waals surface area contributed by atoms with Crippen molar-refractivity contribution in [2.75, 3.05) is 6.54 Å². The lowest BCUT2D eigenvalue weighted by molar-refractivity contribution is -0.128. The van der Waals surface area contributed by atoms with Gasteiger partial charge in [-0.15, -0.1) is 0 Å². The molecule has 0 saturated carbocycles. The molecule has 0 bridgehead atoms. The van der Waals surface area contributed by atoms with Crippen LogP contribution in [0.15, 0.2) is 27.7 Å². The number of thiocarbonyl (C=S) groups is 1. The van der Waals surface area contributed by atoms with E-state index in [2.05, 4.69) is 20.9 Å². The molecule has 0 aromatic heterocycles. The van der Waals surface area contributed by atoms with Gasteiger partial charge in [-0.3, -0.25) is 9.69 Å². The average Bonchev–Trinajstić information content (AvgIpc) is 2.20. The van der Waals surface area contributed by atoms with Gasteiger partial charge in [-0.1, -0.05) is 22.0 Å². The van der Waals surface area contributed by atoms with E-state index in [-0.39, 0.29) is 11.8 Å². The summed E-state index contributed by atoms with van der Waals surface area (Å²) >= 11 is 8.40. The van der Waals surface area contributed by atoms with Crippen LogP contribution in [0, 0.1) is 5.92 Å². The topological polar surface area (TPSA) is 32.7 Å². The van der Waals surface area contributed by atoms with E-state index < -0.39 is 0 Å². The van der Waals surface area contributed by atoms with Crippen LogP contribution in [0.25, 0.3) is 0 Å². The van der Waals surface area contributed by atoms with Crippen LogP contribution in [-0.4, -0.2) is 28.2 Å². The van der Waals surface area contributed by atoms with E-state index in [9.17, 15) is 4.79 Å². The highest BCUT2D eigenvalue weighted by Gasteiger charge is 2.33. The van der Waals surface area contributed by atoms with Crippen molar-refractivity contribution in [2.24, 2.45) is 10.9 Å².